The Kier molecular flexibility index (Phi) is 5.14. The normalized spacial score (nSPS) is 15.1. The second-order valence-electron chi connectivity index (χ2n) is 8.23. The van der Waals surface area contributed by atoms with Crippen molar-refractivity contribution in [1.29, 1.82) is 0 Å². The minimum Gasteiger partial charge on any atom is -0.478 e. The highest BCUT2D eigenvalue weighted by atomic mass is 16.4. The van der Waals surface area contributed by atoms with Crippen molar-refractivity contribution in [2.45, 2.75) is 0 Å². The monoisotopic (exact) mass is 480 g/mol. The SMILES string of the molecule is O=C(O)c1ccc2/c(c1)=c1/ccc(C(=O)O)c/c1=c1\cc(C(=O)O)c(C(=O)O)c\c1=c1/cccc/c1=2. The van der Waals surface area contributed by atoms with Crippen LogP contribution in [0.1, 0.15) is 41.4 Å². The van der Waals surface area contributed by atoms with Gasteiger partial charge in [-0.15, -0.1) is 0 Å². The van der Waals surface area contributed by atoms with Crippen molar-refractivity contribution in [3.63, 3.8) is 0 Å². The van der Waals surface area contributed by atoms with E-state index in [1.807, 2.05) is 0 Å². The summed E-state index contributed by atoms with van der Waals surface area (Å²) in [5.41, 5.74) is -0.907. The van der Waals surface area contributed by atoms with Crippen LogP contribution in [0.5, 0.6) is 0 Å². The van der Waals surface area contributed by atoms with E-state index in [4.69, 9.17) is 0 Å². The number of carboxylic acid groups (broad SMARTS) is 4. The summed E-state index contributed by atoms with van der Waals surface area (Å²) in [4.78, 5) is 47.5. The number of fused-ring (bicyclic) bond motifs is 4. The second kappa shape index (κ2) is 8.21. The topological polar surface area (TPSA) is 149 Å². The van der Waals surface area contributed by atoms with Gasteiger partial charge in [0.1, 0.15) is 0 Å². The van der Waals surface area contributed by atoms with Gasteiger partial charge < -0.3 is 20.4 Å². The molecule has 0 spiro atoms. The van der Waals surface area contributed by atoms with Gasteiger partial charge in [-0.1, -0.05) is 36.4 Å². The van der Waals surface area contributed by atoms with E-state index in [9.17, 15) is 39.6 Å². The van der Waals surface area contributed by atoms with E-state index in [1.54, 1.807) is 36.4 Å². The minimum atomic E-state index is -1.45. The molecule has 1 aliphatic carbocycles. The van der Waals surface area contributed by atoms with Crippen molar-refractivity contribution in [2.75, 3.05) is 0 Å². The molecule has 0 fully saturated rings. The third-order valence-corrected chi connectivity index (χ3v) is 6.24. The minimum absolute atomic E-state index is 0.0211. The second-order valence-corrected chi connectivity index (χ2v) is 8.23. The molecule has 0 unspecified atom stereocenters. The average Bonchev–Trinajstić information content (AvgIpc) is 2.86. The highest BCUT2D eigenvalue weighted by molar-refractivity contribution is 6.01. The summed E-state index contributed by atoms with van der Waals surface area (Å²) < 4.78 is 0. The fraction of sp³-hybridized carbons (Fsp3) is 0. The first-order valence-corrected chi connectivity index (χ1v) is 10.7. The first kappa shape index (κ1) is 22.5. The summed E-state index contributed by atoms with van der Waals surface area (Å²) in [5.74, 6) is -5.21. The summed E-state index contributed by atoms with van der Waals surface area (Å²) in [7, 11) is 0. The van der Waals surface area contributed by atoms with Gasteiger partial charge in [0, 0.05) is 0 Å². The van der Waals surface area contributed by atoms with E-state index in [0.717, 1.165) is 0 Å². The van der Waals surface area contributed by atoms with Crippen LogP contribution < -0.4 is 0 Å². The van der Waals surface area contributed by atoms with Gasteiger partial charge in [0.2, 0.25) is 0 Å². The molecule has 176 valence electrons. The molecule has 4 N–H and O–H groups in total. The van der Waals surface area contributed by atoms with E-state index in [-0.39, 0.29) is 11.1 Å². The molecule has 0 saturated heterocycles. The van der Waals surface area contributed by atoms with Crippen molar-refractivity contribution in [1.82, 2.24) is 0 Å². The fourth-order valence-electron chi connectivity index (χ4n) is 4.62. The Morgan fingerprint density at radius 3 is 1.17 bits per heavy atom. The molecule has 8 heteroatoms. The predicted octanol–water partition coefficient (Wildman–Crippen LogP) is 3.94. The maximum atomic E-state index is 12.0. The van der Waals surface area contributed by atoms with Crippen LogP contribution in [0.25, 0.3) is 0 Å². The molecule has 0 amide bonds. The summed E-state index contributed by atoms with van der Waals surface area (Å²) in [6, 6.07) is 18.5. The lowest BCUT2D eigenvalue weighted by Crippen LogP contribution is -2.09. The molecule has 4 aromatic carbocycles. The number of carbonyl (C=O) groups is 4. The highest BCUT2D eigenvalue weighted by Gasteiger charge is 2.17. The van der Waals surface area contributed by atoms with Crippen molar-refractivity contribution >= 4 is 23.9 Å². The molecule has 0 heterocycles. The lowest BCUT2D eigenvalue weighted by atomic mass is 9.96. The van der Waals surface area contributed by atoms with Crippen molar-refractivity contribution < 1.29 is 39.6 Å². The van der Waals surface area contributed by atoms with Crippen molar-refractivity contribution in [2.24, 2.45) is 0 Å². The first-order chi connectivity index (χ1) is 17.2. The quantitative estimate of drug-likeness (QED) is 0.302. The van der Waals surface area contributed by atoms with Crippen LogP contribution in [-0.2, 0) is 0 Å². The third-order valence-electron chi connectivity index (χ3n) is 6.24. The number of hydrogen-bond acceptors (Lipinski definition) is 4. The van der Waals surface area contributed by atoms with Gasteiger partial charge in [0.15, 0.2) is 0 Å². The summed E-state index contributed by atoms with van der Waals surface area (Å²) >= 11 is 0. The fourth-order valence-corrected chi connectivity index (χ4v) is 4.62. The van der Waals surface area contributed by atoms with Gasteiger partial charge in [0.25, 0.3) is 0 Å². The molecule has 0 atom stereocenters. The predicted molar refractivity (Wildman–Crippen MR) is 124 cm³/mol. The standard InChI is InChI=1S/C28H16O8/c29-25(30)13-5-7-17-15-3-1-2-4-16(15)21-11-23(27(33)34)24(28(35)36)12-22(21)20-10-14(26(31)32)6-8-18(20)19(17)9-13/h1-12H,(H,29,30)(H,31,32)(H,33,34)(H,35,36)/b17-15-,19-18-,21-16-,22-20-. The Bertz CT molecular complexity index is 2060. The van der Waals surface area contributed by atoms with E-state index in [1.165, 1.54) is 36.4 Å². The van der Waals surface area contributed by atoms with Gasteiger partial charge >= 0.3 is 23.9 Å². The molecular formula is C28H16O8. The molecule has 0 aliphatic heterocycles. The highest BCUT2D eigenvalue weighted by Crippen LogP contribution is 2.19. The molecule has 5 rings (SSSR count). The maximum Gasteiger partial charge on any atom is 0.336 e. The first-order valence-electron chi connectivity index (χ1n) is 10.7. The van der Waals surface area contributed by atoms with Crippen LogP contribution >= 0.6 is 0 Å². The van der Waals surface area contributed by atoms with E-state index in [0.29, 0.717) is 41.7 Å². The van der Waals surface area contributed by atoms with Crippen molar-refractivity contribution in [3.05, 3.63) is 137 Å². The lowest BCUT2D eigenvalue weighted by Gasteiger charge is -2.07. The van der Waals surface area contributed by atoms with Crippen LogP contribution in [0.4, 0.5) is 0 Å². The van der Waals surface area contributed by atoms with E-state index >= 15 is 0 Å². The maximum absolute atomic E-state index is 12.0. The lowest BCUT2D eigenvalue weighted by molar-refractivity contribution is 0.0651. The Hall–Kier alpha value is -5.24. The molecule has 0 radical (unpaired) electrons. The van der Waals surface area contributed by atoms with E-state index in [2.05, 4.69) is 0 Å². The number of aromatic carboxylic acids is 4. The van der Waals surface area contributed by atoms with Gasteiger partial charge in [-0.3, -0.25) is 0 Å². The third kappa shape index (κ3) is 3.48. The molecule has 1 aliphatic rings. The Morgan fingerprint density at radius 1 is 0.389 bits per heavy atom. The van der Waals surface area contributed by atoms with Crippen LogP contribution in [0.3, 0.4) is 0 Å². The largest absolute Gasteiger partial charge is 0.478 e. The summed E-state index contributed by atoms with van der Waals surface area (Å²) in [5, 5.41) is 42.7. The Labute approximate surface area is 200 Å². The Balaban J connectivity index is 2.33. The van der Waals surface area contributed by atoms with E-state index < -0.39 is 35.0 Å². The molecule has 36 heavy (non-hydrogen) atoms. The van der Waals surface area contributed by atoms with Crippen molar-refractivity contribution in [3.8, 4) is 0 Å². The van der Waals surface area contributed by atoms with Gasteiger partial charge in [-0.25, -0.2) is 19.2 Å². The number of carboxylic acids is 4. The molecule has 8 nitrogen and oxygen atoms in total. The van der Waals surface area contributed by atoms with Crippen LogP contribution in [0.2, 0.25) is 0 Å². The summed E-state index contributed by atoms with van der Waals surface area (Å²) in [6.07, 6.45) is 0. The van der Waals surface area contributed by atoms with Crippen LogP contribution in [-0.4, -0.2) is 44.3 Å². The summed E-state index contributed by atoms with van der Waals surface area (Å²) in [6.45, 7) is 0. The zero-order valence-corrected chi connectivity index (χ0v) is 18.4. The molecule has 0 saturated carbocycles. The Morgan fingerprint density at radius 2 is 0.722 bits per heavy atom. The number of benzene rings is 4. The number of hydrogen-bond donors (Lipinski definition) is 4. The van der Waals surface area contributed by atoms with Crippen LogP contribution in [0.15, 0.2) is 72.8 Å². The molecular weight excluding hydrogens is 464 g/mol. The van der Waals surface area contributed by atoms with Crippen LogP contribution in [0, 0.1) is 41.7 Å². The van der Waals surface area contributed by atoms with Gasteiger partial charge in [-0.05, 0) is 78.1 Å². The molecule has 0 bridgehead atoms. The molecule has 4 aromatic rings. The average molecular weight is 480 g/mol. The zero-order valence-electron chi connectivity index (χ0n) is 18.4. The molecule has 0 aromatic heterocycles. The smallest absolute Gasteiger partial charge is 0.336 e. The zero-order chi connectivity index (χ0) is 25.7. The van der Waals surface area contributed by atoms with Gasteiger partial charge in [0.05, 0.1) is 22.3 Å². The van der Waals surface area contributed by atoms with Gasteiger partial charge in [-0.2, -0.15) is 0 Å². The number of rotatable bonds is 4.